The van der Waals surface area contributed by atoms with E-state index in [1.54, 1.807) is 0 Å². The van der Waals surface area contributed by atoms with Gasteiger partial charge in [-0.2, -0.15) is 0 Å². The Morgan fingerprint density at radius 2 is 1.64 bits per heavy atom. The number of aliphatic hydroxyl groups is 1. The zero-order chi connectivity index (χ0) is 17.5. The SMILES string of the molecule is O=C(NCCC(O)c1ccccc1)C1(c2ccccc2)CCOCC1. The van der Waals surface area contributed by atoms with Gasteiger partial charge in [0.2, 0.25) is 5.91 Å². The van der Waals surface area contributed by atoms with Crippen LogP contribution in [0.25, 0.3) is 0 Å². The second-order valence-corrected chi connectivity index (χ2v) is 6.53. The highest BCUT2D eigenvalue weighted by molar-refractivity contribution is 5.88. The molecule has 1 aliphatic heterocycles. The second kappa shape index (κ2) is 8.28. The normalized spacial score (nSPS) is 17.6. The minimum Gasteiger partial charge on any atom is -0.388 e. The summed E-state index contributed by atoms with van der Waals surface area (Å²) < 4.78 is 5.48. The Morgan fingerprint density at radius 1 is 1.04 bits per heavy atom. The van der Waals surface area contributed by atoms with E-state index >= 15 is 0 Å². The number of nitrogens with one attached hydrogen (secondary N) is 1. The molecule has 2 aromatic rings. The van der Waals surface area contributed by atoms with Crippen LogP contribution in [0.2, 0.25) is 0 Å². The maximum atomic E-state index is 13.0. The van der Waals surface area contributed by atoms with Crippen LogP contribution in [-0.4, -0.2) is 30.8 Å². The molecule has 0 radical (unpaired) electrons. The van der Waals surface area contributed by atoms with Crippen molar-refractivity contribution in [1.82, 2.24) is 5.32 Å². The first-order valence-electron chi connectivity index (χ1n) is 8.87. The molecule has 2 aromatic carbocycles. The van der Waals surface area contributed by atoms with Crippen LogP contribution in [0, 0.1) is 0 Å². The number of amides is 1. The highest BCUT2D eigenvalue weighted by Gasteiger charge is 2.41. The lowest BCUT2D eigenvalue weighted by atomic mass is 9.73. The van der Waals surface area contributed by atoms with Gasteiger partial charge in [-0.1, -0.05) is 60.7 Å². The van der Waals surface area contributed by atoms with Gasteiger partial charge in [-0.15, -0.1) is 0 Å². The Labute approximate surface area is 148 Å². The van der Waals surface area contributed by atoms with Crippen LogP contribution in [0.15, 0.2) is 60.7 Å². The zero-order valence-corrected chi connectivity index (χ0v) is 14.4. The van der Waals surface area contributed by atoms with Crippen molar-refractivity contribution in [1.29, 1.82) is 0 Å². The molecular weight excluding hydrogens is 314 g/mol. The molecule has 2 N–H and O–H groups in total. The van der Waals surface area contributed by atoms with Gasteiger partial charge in [0.25, 0.3) is 0 Å². The average Bonchev–Trinajstić information content (AvgIpc) is 2.69. The van der Waals surface area contributed by atoms with Gasteiger partial charge >= 0.3 is 0 Å². The molecule has 1 fully saturated rings. The summed E-state index contributed by atoms with van der Waals surface area (Å²) in [4.78, 5) is 13.0. The molecule has 0 aromatic heterocycles. The fraction of sp³-hybridized carbons (Fsp3) is 0.381. The number of hydrogen-bond acceptors (Lipinski definition) is 3. The number of benzene rings is 2. The van der Waals surface area contributed by atoms with Crippen molar-refractivity contribution in [3.63, 3.8) is 0 Å². The van der Waals surface area contributed by atoms with E-state index in [9.17, 15) is 9.90 Å². The first-order valence-corrected chi connectivity index (χ1v) is 8.87. The number of carbonyl (C=O) groups is 1. The lowest BCUT2D eigenvalue weighted by Gasteiger charge is -2.36. The number of carbonyl (C=O) groups excluding carboxylic acids is 1. The number of rotatable bonds is 6. The molecule has 1 heterocycles. The lowest BCUT2D eigenvalue weighted by molar-refractivity contribution is -0.130. The van der Waals surface area contributed by atoms with E-state index in [-0.39, 0.29) is 5.91 Å². The van der Waals surface area contributed by atoms with Crippen molar-refractivity contribution < 1.29 is 14.6 Å². The summed E-state index contributed by atoms with van der Waals surface area (Å²) in [6.45, 7) is 1.63. The molecule has 1 aliphatic rings. The Kier molecular flexibility index (Phi) is 5.84. The molecule has 4 nitrogen and oxygen atoms in total. The minimum absolute atomic E-state index is 0.0299. The van der Waals surface area contributed by atoms with E-state index in [4.69, 9.17) is 4.74 Å². The van der Waals surface area contributed by atoms with Gasteiger partial charge in [-0.05, 0) is 30.4 Å². The predicted octanol–water partition coefficient (Wildman–Crippen LogP) is 2.97. The molecule has 1 saturated heterocycles. The van der Waals surface area contributed by atoms with Gasteiger partial charge in [-0.25, -0.2) is 0 Å². The number of hydrogen-bond donors (Lipinski definition) is 2. The Balaban J connectivity index is 1.63. The molecule has 0 bridgehead atoms. The summed E-state index contributed by atoms with van der Waals surface area (Å²) in [7, 11) is 0. The highest BCUT2D eigenvalue weighted by Crippen LogP contribution is 2.35. The first kappa shape index (κ1) is 17.6. The van der Waals surface area contributed by atoms with E-state index in [1.165, 1.54) is 0 Å². The van der Waals surface area contributed by atoms with Crippen molar-refractivity contribution in [2.75, 3.05) is 19.8 Å². The molecule has 132 valence electrons. The Hall–Kier alpha value is -2.17. The van der Waals surface area contributed by atoms with Crippen molar-refractivity contribution >= 4 is 5.91 Å². The zero-order valence-electron chi connectivity index (χ0n) is 14.4. The van der Waals surface area contributed by atoms with Gasteiger partial charge < -0.3 is 15.2 Å². The molecular formula is C21H25NO3. The van der Waals surface area contributed by atoms with Crippen molar-refractivity contribution in [3.05, 3.63) is 71.8 Å². The molecule has 0 saturated carbocycles. The molecule has 3 rings (SSSR count). The van der Waals surface area contributed by atoms with E-state index in [2.05, 4.69) is 5.32 Å². The summed E-state index contributed by atoms with van der Waals surface area (Å²) in [5.41, 5.74) is 1.39. The van der Waals surface area contributed by atoms with E-state index in [1.807, 2.05) is 60.7 Å². The maximum absolute atomic E-state index is 13.0. The molecule has 0 spiro atoms. The summed E-state index contributed by atoms with van der Waals surface area (Å²) in [5.74, 6) is 0.0299. The van der Waals surface area contributed by atoms with Crippen LogP contribution in [0.4, 0.5) is 0 Å². The molecule has 1 unspecified atom stereocenters. The lowest BCUT2D eigenvalue weighted by Crippen LogP contribution is -2.48. The fourth-order valence-corrected chi connectivity index (χ4v) is 3.46. The van der Waals surface area contributed by atoms with E-state index < -0.39 is 11.5 Å². The topological polar surface area (TPSA) is 58.6 Å². The van der Waals surface area contributed by atoms with Gasteiger partial charge in [0.05, 0.1) is 11.5 Å². The molecule has 0 aliphatic carbocycles. The summed E-state index contributed by atoms with van der Waals surface area (Å²) in [6, 6.07) is 19.5. The molecule has 1 atom stereocenters. The third kappa shape index (κ3) is 4.09. The van der Waals surface area contributed by atoms with Crippen LogP contribution in [0.1, 0.15) is 36.5 Å². The molecule has 1 amide bonds. The Morgan fingerprint density at radius 3 is 2.28 bits per heavy atom. The smallest absolute Gasteiger partial charge is 0.230 e. The predicted molar refractivity (Wildman–Crippen MR) is 97.2 cm³/mol. The first-order chi connectivity index (χ1) is 12.2. The van der Waals surface area contributed by atoms with Gasteiger partial charge in [-0.3, -0.25) is 4.79 Å². The maximum Gasteiger partial charge on any atom is 0.230 e. The minimum atomic E-state index is -0.566. The summed E-state index contributed by atoms with van der Waals surface area (Å²) in [6.07, 6.45) is 1.30. The van der Waals surface area contributed by atoms with Crippen LogP contribution in [-0.2, 0) is 14.9 Å². The third-order valence-corrected chi connectivity index (χ3v) is 5.00. The van der Waals surface area contributed by atoms with Crippen molar-refractivity contribution in [2.24, 2.45) is 0 Å². The fourth-order valence-electron chi connectivity index (χ4n) is 3.46. The van der Waals surface area contributed by atoms with Gasteiger partial charge in [0.1, 0.15) is 0 Å². The van der Waals surface area contributed by atoms with Crippen LogP contribution in [0.5, 0.6) is 0 Å². The third-order valence-electron chi connectivity index (χ3n) is 5.00. The molecule has 4 heteroatoms. The van der Waals surface area contributed by atoms with Crippen LogP contribution in [0.3, 0.4) is 0 Å². The summed E-state index contributed by atoms with van der Waals surface area (Å²) >= 11 is 0. The second-order valence-electron chi connectivity index (χ2n) is 6.53. The number of aliphatic hydroxyl groups excluding tert-OH is 1. The van der Waals surface area contributed by atoms with Gasteiger partial charge in [0, 0.05) is 19.8 Å². The largest absolute Gasteiger partial charge is 0.388 e. The van der Waals surface area contributed by atoms with Crippen LogP contribution < -0.4 is 5.32 Å². The Bertz CT molecular complexity index is 666. The summed E-state index contributed by atoms with van der Waals surface area (Å²) in [5, 5.41) is 13.3. The van der Waals surface area contributed by atoms with Crippen molar-refractivity contribution in [3.8, 4) is 0 Å². The average molecular weight is 339 g/mol. The highest BCUT2D eigenvalue weighted by atomic mass is 16.5. The quantitative estimate of drug-likeness (QED) is 0.851. The van der Waals surface area contributed by atoms with Gasteiger partial charge in [0.15, 0.2) is 0 Å². The standard InChI is InChI=1S/C21H25NO3/c23-19(17-7-3-1-4-8-17)11-14-22-20(24)21(12-15-25-16-13-21)18-9-5-2-6-10-18/h1-10,19,23H,11-16H2,(H,22,24). The van der Waals surface area contributed by atoms with E-state index in [0.717, 1.165) is 11.1 Å². The van der Waals surface area contributed by atoms with E-state index in [0.29, 0.717) is 39.0 Å². The number of ether oxygens (including phenoxy) is 1. The van der Waals surface area contributed by atoms with Crippen LogP contribution >= 0.6 is 0 Å². The van der Waals surface area contributed by atoms with Crippen molar-refractivity contribution in [2.45, 2.75) is 30.8 Å². The molecule has 25 heavy (non-hydrogen) atoms. The monoisotopic (exact) mass is 339 g/mol.